The van der Waals surface area contributed by atoms with Crippen molar-refractivity contribution >= 4 is 55.1 Å². The lowest BCUT2D eigenvalue weighted by molar-refractivity contribution is -0.139. The van der Waals surface area contributed by atoms with E-state index in [1.165, 1.54) is 49.5 Å². The normalized spacial score (nSPS) is 12.0. The third-order valence-corrected chi connectivity index (χ3v) is 8.95. The number of benzene rings is 3. The minimum absolute atomic E-state index is 0.0827. The number of methoxy groups -OCH3 is 2. The van der Waals surface area contributed by atoms with Crippen molar-refractivity contribution in [3.8, 4) is 11.5 Å². The molecule has 0 heterocycles. The number of anilines is 1. The Bertz CT molecular complexity index is 1500. The molecule has 0 radical (unpaired) electrons. The summed E-state index contributed by atoms with van der Waals surface area (Å²) < 4.78 is 40.5. The molecule has 0 fully saturated rings. The van der Waals surface area contributed by atoms with Gasteiger partial charge in [-0.3, -0.25) is 13.9 Å². The maximum Gasteiger partial charge on any atom is 0.264 e. The van der Waals surface area contributed by atoms with Crippen LogP contribution in [0.3, 0.4) is 0 Å². The molecule has 0 bridgehead atoms. The lowest BCUT2D eigenvalue weighted by Crippen LogP contribution is -2.51. The van der Waals surface area contributed by atoms with E-state index in [1.54, 1.807) is 19.1 Å². The Hall–Kier alpha value is -3.28. The Morgan fingerprint density at radius 2 is 1.62 bits per heavy atom. The topological polar surface area (TPSA) is 105 Å². The summed E-state index contributed by atoms with van der Waals surface area (Å²) in [6.45, 7) is 5.51. The third kappa shape index (κ3) is 8.39. The molecule has 0 unspecified atom stereocenters. The van der Waals surface area contributed by atoms with Gasteiger partial charge in [0, 0.05) is 28.7 Å². The molecule has 0 saturated heterocycles. The van der Waals surface area contributed by atoms with Crippen molar-refractivity contribution in [2.45, 2.75) is 38.3 Å². The van der Waals surface area contributed by atoms with Crippen LogP contribution in [0.2, 0.25) is 5.02 Å². The van der Waals surface area contributed by atoms with Crippen LogP contribution in [0.1, 0.15) is 26.3 Å². The van der Waals surface area contributed by atoms with Crippen LogP contribution in [-0.2, 0) is 26.2 Å². The summed E-state index contributed by atoms with van der Waals surface area (Å²) in [5.74, 6) is -0.129. The average Bonchev–Trinajstić information content (AvgIpc) is 2.97. The third-order valence-electron chi connectivity index (χ3n) is 6.43. The van der Waals surface area contributed by atoms with Gasteiger partial charge in [-0.15, -0.1) is 0 Å². The summed E-state index contributed by atoms with van der Waals surface area (Å²) in [6, 6.07) is 16.8. The first-order chi connectivity index (χ1) is 19.9. The van der Waals surface area contributed by atoms with Crippen molar-refractivity contribution in [3.63, 3.8) is 0 Å². The van der Waals surface area contributed by atoms with E-state index in [0.717, 1.165) is 14.3 Å². The molecule has 3 rings (SSSR count). The monoisotopic (exact) mass is 679 g/mol. The zero-order chi connectivity index (χ0) is 31.0. The van der Waals surface area contributed by atoms with Crippen molar-refractivity contribution in [2.75, 3.05) is 31.6 Å². The van der Waals surface area contributed by atoms with Crippen LogP contribution >= 0.6 is 27.5 Å². The molecule has 3 aromatic carbocycles. The maximum atomic E-state index is 14.1. The molecule has 9 nitrogen and oxygen atoms in total. The molecule has 0 aliphatic rings. The van der Waals surface area contributed by atoms with Gasteiger partial charge in [0.1, 0.15) is 12.6 Å². The van der Waals surface area contributed by atoms with E-state index in [0.29, 0.717) is 17.3 Å². The molecule has 42 heavy (non-hydrogen) atoms. The molecule has 12 heteroatoms. The second-order valence-corrected chi connectivity index (χ2v) is 13.2. The number of sulfonamides is 1. The Balaban J connectivity index is 2.05. The second-order valence-electron chi connectivity index (χ2n) is 9.97. The minimum Gasteiger partial charge on any atom is -0.493 e. The van der Waals surface area contributed by atoms with Gasteiger partial charge < -0.3 is 19.7 Å². The predicted molar refractivity (Wildman–Crippen MR) is 168 cm³/mol. The summed E-state index contributed by atoms with van der Waals surface area (Å²) in [5, 5.41) is 3.27. The Labute approximate surface area is 260 Å². The molecule has 3 aromatic rings. The standard InChI is InChI=1S/C30H35BrClN3O6S/c1-20(2)17-33-30(37)21(3)34(18-22-7-6-8-23(31)15-22)29(36)19-35(25-11-9-24(32)10-12-25)42(38,39)26-13-14-27(40-4)28(16-26)41-5/h6-16,20-21H,17-19H2,1-5H3,(H,33,37)/t21-/m0/s1. The molecule has 1 atom stereocenters. The molecule has 1 N–H and O–H groups in total. The number of hydrogen-bond acceptors (Lipinski definition) is 6. The van der Waals surface area contributed by atoms with Gasteiger partial charge in [-0.2, -0.15) is 0 Å². The van der Waals surface area contributed by atoms with E-state index in [2.05, 4.69) is 21.2 Å². The van der Waals surface area contributed by atoms with Crippen molar-refractivity contribution in [2.24, 2.45) is 5.92 Å². The number of hydrogen-bond donors (Lipinski definition) is 1. The maximum absolute atomic E-state index is 14.1. The zero-order valence-corrected chi connectivity index (χ0v) is 27.3. The first-order valence-electron chi connectivity index (χ1n) is 13.2. The van der Waals surface area contributed by atoms with E-state index < -0.39 is 28.5 Å². The van der Waals surface area contributed by atoms with Crippen LogP contribution in [-0.4, -0.2) is 58.5 Å². The van der Waals surface area contributed by atoms with Crippen LogP contribution in [0.4, 0.5) is 5.69 Å². The summed E-state index contributed by atoms with van der Waals surface area (Å²) in [6.07, 6.45) is 0. The van der Waals surface area contributed by atoms with Crippen molar-refractivity contribution < 1.29 is 27.5 Å². The van der Waals surface area contributed by atoms with Crippen LogP contribution in [0.25, 0.3) is 0 Å². The molecule has 0 aliphatic carbocycles. The molecular weight excluding hydrogens is 646 g/mol. The Morgan fingerprint density at radius 1 is 0.952 bits per heavy atom. The smallest absolute Gasteiger partial charge is 0.264 e. The SMILES string of the molecule is COc1ccc(S(=O)(=O)N(CC(=O)N(Cc2cccc(Br)c2)[C@@H](C)C(=O)NCC(C)C)c2ccc(Cl)cc2)cc1OC. The molecule has 226 valence electrons. The van der Waals surface area contributed by atoms with Gasteiger partial charge in [-0.25, -0.2) is 8.42 Å². The summed E-state index contributed by atoms with van der Waals surface area (Å²) in [7, 11) is -1.45. The van der Waals surface area contributed by atoms with Crippen LogP contribution in [0.5, 0.6) is 11.5 Å². The molecule has 0 saturated carbocycles. The van der Waals surface area contributed by atoms with E-state index in [9.17, 15) is 18.0 Å². The number of carbonyl (C=O) groups is 2. The summed E-state index contributed by atoms with van der Waals surface area (Å²) >= 11 is 9.53. The van der Waals surface area contributed by atoms with Crippen molar-refractivity contribution in [1.29, 1.82) is 0 Å². The van der Waals surface area contributed by atoms with Crippen molar-refractivity contribution in [3.05, 3.63) is 81.8 Å². The first kappa shape index (κ1) is 33.2. The fourth-order valence-corrected chi connectivity index (χ4v) is 6.11. The predicted octanol–water partition coefficient (Wildman–Crippen LogP) is 5.50. The molecule has 0 aromatic heterocycles. The zero-order valence-electron chi connectivity index (χ0n) is 24.1. The fraction of sp³-hybridized carbons (Fsp3) is 0.333. The molecule has 0 aliphatic heterocycles. The van der Waals surface area contributed by atoms with Gasteiger partial charge in [0.05, 0.1) is 24.8 Å². The molecule has 2 amide bonds. The van der Waals surface area contributed by atoms with Gasteiger partial charge in [0.2, 0.25) is 11.8 Å². The molecule has 0 spiro atoms. The quantitative estimate of drug-likeness (QED) is 0.256. The highest BCUT2D eigenvalue weighted by Crippen LogP contribution is 2.32. The average molecular weight is 681 g/mol. The number of ether oxygens (including phenoxy) is 2. The van der Waals surface area contributed by atoms with Gasteiger partial charge >= 0.3 is 0 Å². The van der Waals surface area contributed by atoms with Crippen LogP contribution < -0.4 is 19.1 Å². The highest BCUT2D eigenvalue weighted by molar-refractivity contribution is 9.10. The van der Waals surface area contributed by atoms with Gasteiger partial charge in [-0.1, -0.05) is 53.5 Å². The van der Waals surface area contributed by atoms with Crippen LogP contribution in [0.15, 0.2) is 76.1 Å². The van der Waals surface area contributed by atoms with E-state index >= 15 is 0 Å². The number of amides is 2. The van der Waals surface area contributed by atoms with E-state index in [-0.39, 0.29) is 34.7 Å². The largest absolute Gasteiger partial charge is 0.493 e. The Morgan fingerprint density at radius 3 is 2.21 bits per heavy atom. The lowest BCUT2D eigenvalue weighted by Gasteiger charge is -2.32. The van der Waals surface area contributed by atoms with Gasteiger partial charge in [0.25, 0.3) is 10.0 Å². The number of rotatable bonds is 13. The number of halogens is 2. The van der Waals surface area contributed by atoms with Crippen LogP contribution in [0, 0.1) is 5.92 Å². The summed E-state index contributed by atoms with van der Waals surface area (Å²) in [5.41, 5.74) is 0.990. The second kappa shape index (κ2) is 14.8. The fourth-order valence-electron chi connectivity index (χ4n) is 4.11. The minimum atomic E-state index is -4.30. The highest BCUT2D eigenvalue weighted by Gasteiger charge is 2.33. The number of nitrogens with one attached hydrogen (secondary N) is 1. The van der Waals surface area contributed by atoms with Gasteiger partial charge in [0.15, 0.2) is 11.5 Å². The van der Waals surface area contributed by atoms with Crippen molar-refractivity contribution in [1.82, 2.24) is 10.2 Å². The van der Waals surface area contributed by atoms with Gasteiger partial charge in [-0.05, 0) is 66.9 Å². The first-order valence-corrected chi connectivity index (χ1v) is 15.8. The Kier molecular flexibility index (Phi) is 11.7. The number of carbonyl (C=O) groups excluding carboxylic acids is 2. The van der Waals surface area contributed by atoms with E-state index in [4.69, 9.17) is 21.1 Å². The molecular formula is C30H35BrClN3O6S. The highest BCUT2D eigenvalue weighted by atomic mass is 79.9. The summed E-state index contributed by atoms with van der Waals surface area (Å²) in [4.78, 5) is 28.4. The lowest BCUT2D eigenvalue weighted by atomic mass is 10.1. The number of nitrogens with zero attached hydrogens (tertiary/aromatic N) is 2. The van der Waals surface area contributed by atoms with E-state index in [1.807, 2.05) is 38.1 Å².